The normalized spacial score (nSPS) is 11.6. The molecule has 9 heteroatoms. The average molecular weight is 458 g/mol. The average Bonchev–Trinajstić information content (AvgIpc) is 2.69. The molecule has 0 aliphatic heterocycles. The number of pyridine rings is 1. The summed E-state index contributed by atoms with van der Waals surface area (Å²) < 4.78 is 6.54. The number of halogens is 2. The van der Waals surface area contributed by atoms with Crippen LogP contribution in [-0.2, 0) is 0 Å². The molecule has 2 N–H and O–H groups in total. The van der Waals surface area contributed by atoms with Crippen LogP contribution in [-0.4, -0.2) is 27.5 Å². The van der Waals surface area contributed by atoms with E-state index in [1.165, 1.54) is 18.6 Å². The molecule has 2 heterocycles. The van der Waals surface area contributed by atoms with Gasteiger partial charge in [0, 0.05) is 22.6 Å². The number of allylic oxidation sites excluding steroid dienone is 2. The summed E-state index contributed by atoms with van der Waals surface area (Å²) in [5.41, 5.74) is 2.08. The number of aromatic nitrogens is 3. The zero-order valence-corrected chi connectivity index (χ0v) is 16.8. The van der Waals surface area contributed by atoms with Gasteiger partial charge in [0.25, 0.3) is 0 Å². The summed E-state index contributed by atoms with van der Waals surface area (Å²) in [6.45, 7) is 3.68. The Morgan fingerprint density at radius 3 is 2.89 bits per heavy atom. The first-order valence-electron chi connectivity index (χ1n) is 7.96. The van der Waals surface area contributed by atoms with E-state index in [-0.39, 0.29) is 0 Å². The van der Waals surface area contributed by atoms with Gasteiger partial charge in [-0.1, -0.05) is 18.2 Å². The van der Waals surface area contributed by atoms with Crippen LogP contribution in [0.25, 0.3) is 11.0 Å². The maximum Gasteiger partial charge on any atom is 0.160 e. The second kappa shape index (κ2) is 9.20. The Kier molecular flexibility index (Phi) is 6.46. The third-order valence-electron chi connectivity index (χ3n) is 3.47. The molecule has 0 amide bonds. The quantitative estimate of drug-likeness (QED) is 0.217. The molecule has 3 aromatic rings. The highest BCUT2D eigenvalue weighted by Gasteiger charge is 2.09. The van der Waals surface area contributed by atoms with Gasteiger partial charge >= 0.3 is 0 Å². The van der Waals surface area contributed by atoms with Crippen molar-refractivity contribution >= 4 is 62.6 Å². The van der Waals surface area contributed by atoms with E-state index in [4.69, 9.17) is 21.7 Å². The maximum absolute atomic E-state index is 6.87. The number of anilines is 2. The van der Waals surface area contributed by atoms with E-state index < -0.39 is 0 Å². The fourth-order valence-electron chi connectivity index (χ4n) is 2.24. The van der Waals surface area contributed by atoms with Crippen molar-refractivity contribution in [3.63, 3.8) is 0 Å². The molecule has 0 fully saturated rings. The number of rotatable bonds is 7. The van der Waals surface area contributed by atoms with Gasteiger partial charge in [0.1, 0.15) is 29.7 Å². The van der Waals surface area contributed by atoms with E-state index in [0.717, 1.165) is 16.5 Å². The third kappa shape index (κ3) is 4.79. The number of aliphatic imine (C=N–C) groups is 1. The first kappa shape index (κ1) is 19.7. The smallest absolute Gasteiger partial charge is 0.160 e. The van der Waals surface area contributed by atoms with E-state index in [0.29, 0.717) is 33.4 Å². The summed E-state index contributed by atoms with van der Waals surface area (Å²) in [6, 6.07) is 7.11. The Balaban J connectivity index is 1.83. The van der Waals surface area contributed by atoms with Crippen molar-refractivity contribution in [3.8, 4) is 5.75 Å². The molecular formula is C19H14BrClN6O. The molecule has 0 aliphatic rings. The van der Waals surface area contributed by atoms with Crippen LogP contribution in [0, 0.1) is 5.41 Å². The van der Waals surface area contributed by atoms with Crippen LogP contribution in [0.4, 0.5) is 11.5 Å². The molecule has 0 bridgehead atoms. The van der Waals surface area contributed by atoms with E-state index in [2.05, 4.69) is 47.8 Å². The first-order chi connectivity index (χ1) is 13.6. The predicted octanol–water partition coefficient (Wildman–Crippen LogP) is 5.31. The van der Waals surface area contributed by atoms with Gasteiger partial charge in [-0.15, -0.1) is 0 Å². The van der Waals surface area contributed by atoms with E-state index in [1.54, 1.807) is 30.5 Å². The molecule has 0 spiro atoms. The standard InChI is InChI=1S/C19H14BrClN6O/c1-2-14(5-6-23-10-22)28-17-4-3-13(8-15(17)21)27-19-18-16(25-11-26-19)7-12(20)9-24-18/h2-11,22H,1H2,(H,25,26,27)/b14-5+,22-10?,23-6?. The van der Waals surface area contributed by atoms with Gasteiger partial charge in [0.05, 0.1) is 10.5 Å². The summed E-state index contributed by atoms with van der Waals surface area (Å²) in [5, 5.41) is 10.5. The minimum Gasteiger partial charge on any atom is -0.456 e. The van der Waals surface area contributed by atoms with Crippen molar-refractivity contribution in [1.82, 2.24) is 15.0 Å². The molecule has 28 heavy (non-hydrogen) atoms. The maximum atomic E-state index is 6.87. The molecule has 0 radical (unpaired) electrons. The number of ether oxygens (including phenoxy) is 1. The van der Waals surface area contributed by atoms with Gasteiger partial charge in [-0.3, -0.25) is 5.41 Å². The number of benzene rings is 1. The Labute approximate surface area is 174 Å². The largest absolute Gasteiger partial charge is 0.456 e. The first-order valence-corrected chi connectivity index (χ1v) is 9.13. The molecule has 1 aromatic carbocycles. The van der Waals surface area contributed by atoms with Gasteiger partial charge in [0.2, 0.25) is 0 Å². The van der Waals surface area contributed by atoms with Gasteiger partial charge in [-0.25, -0.2) is 19.9 Å². The zero-order valence-electron chi connectivity index (χ0n) is 14.4. The van der Waals surface area contributed by atoms with Crippen molar-refractivity contribution in [1.29, 1.82) is 5.41 Å². The summed E-state index contributed by atoms with van der Waals surface area (Å²) >= 11 is 9.73. The third-order valence-corrected chi connectivity index (χ3v) is 4.19. The molecule has 0 aliphatic carbocycles. The monoisotopic (exact) mass is 456 g/mol. The highest BCUT2D eigenvalue weighted by molar-refractivity contribution is 9.10. The predicted molar refractivity (Wildman–Crippen MR) is 116 cm³/mol. The summed E-state index contributed by atoms with van der Waals surface area (Å²) in [7, 11) is 0. The number of hydrogen-bond donors (Lipinski definition) is 2. The van der Waals surface area contributed by atoms with Crippen molar-refractivity contribution in [2.75, 3.05) is 5.32 Å². The van der Waals surface area contributed by atoms with Crippen LogP contribution < -0.4 is 10.1 Å². The molecule has 0 atom stereocenters. The van der Waals surface area contributed by atoms with Gasteiger partial charge in [-0.05, 0) is 52.3 Å². The van der Waals surface area contributed by atoms with Gasteiger partial charge in [-0.2, -0.15) is 0 Å². The zero-order chi connectivity index (χ0) is 19.9. The second-order valence-corrected chi connectivity index (χ2v) is 6.64. The SMILES string of the molecule is C=C/C(=C\C=NC=N)Oc1ccc(Nc2ncnc3cc(Br)cnc23)cc1Cl. The minimum atomic E-state index is 0.399. The van der Waals surface area contributed by atoms with Crippen LogP contribution in [0.3, 0.4) is 0 Å². The van der Waals surface area contributed by atoms with E-state index in [9.17, 15) is 0 Å². The Bertz CT molecular complexity index is 1100. The molecule has 3 rings (SSSR count). The Hall–Kier alpha value is -3.10. The lowest BCUT2D eigenvalue weighted by Gasteiger charge is -2.11. The van der Waals surface area contributed by atoms with Gasteiger partial charge in [0.15, 0.2) is 5.82 Å². The number of hydrogen-bond acceptors (Lipinski definition) is 6. The molecule has 0 unspecified atom stereocenters. The summed E-state index contributed by atoms with van der Waals surface area (Å²) in [6.07, 6.45) is 8.61. The lowest BCUT2D eigenvalue weighted by atomic mass is 10.3. The van der Waals surface area contributed by atoms with E-state index >= 15 is 0 Å². The number of nitrogens with zero attached hydrogens (tertiary/aromatic N) is 4. The Morgan fingerprint density at radius 1 is 1.29 bits per heavy atom. The highest BCUT2D eigenvalue weighted by atomic mass is 79.9. The molecule has 7 nitrogen and oxygen atoms in total. The topological polar surface area (TPSA) is 96.1 Å². The second-order valence-electron chi connectivity index (χ2n) is 5.32. The van der Waals surface area contributed by atoms with E-state index in [1.807, 2.05) is 6.07 Å². The number of nitrogens with one attached hydrogen (secondary N) is 2. The molecule has 0 saturated heterocycles. The van der Waals surface area contributed by atoms with Crippen LogP contribution >= 0.6 is 27.5 Å². The lowest BCUT2D eigenvalue weighted by Crippen LogP contribution is -1.98. The summed E-state index contributed by atoms with van der Waals surface area (Å²) in [5.74, 6) is 1.47. The molecule has 0 saturated carbocycles. The van der Waals surface area contributed by atoms with Crippen molar-refractivity contribution in [2.24, 2.45) is 4.99 Å². The fraction of sp³-hybridized carbons (Fsp3) is 0. The van der Waals surface area contributed by atoms with Crippen molar-refractivity contribution in [3.05, 3.63) is 70.8 Å². The Morgan fingerprint density at radius 2 is 2.14 bits per heavy atom. The lowest BCUT2D eigenvalue weighted by molar-refractivity contribution is 0.446. The highest BCUT2D eigenvalue weighted by Crippen LogP contribution is 2.31. The van der Waals surface area contributed by atoms with Crippen LogP contribution in [0.2, 0.25) is 5.02 Å². The fourth-order valence-corrected chi connectivity index (χ4v) is 2.78. The number of fused-ring (bicyclic) bond motifs is 1. The van der Waals surface area contributed by atoms with Crippen molar-refractivity contribution < 1.29 is 4.74 Å². The minimum absolute atomic E-state index is 0.399. The van der Waals surface area contributed by atoms with Crippen LogP contribution in [0.1, 0.15) is 0 Å². The van der Waals surface area contributed by atoms with Crippen LogP contribution in [0.5, 0.6) is 5.75 Å². The molecular weight excluding hydrogens is 444 g/mol. The van der Waals surface area contributed by atoms with Crippen molar-refractivity contribution in [2.45, 2.75) is 0 Å². The molecule has 140 valence electrons. The van der Waals surface area contributed by atoms with Gasteiger partial charge < -0.3 is 10.1 Å². The summed E-state index contributed by atoms with van der Waals surface area (Å²) in [4.78, 5) is 16.5. The van der Waals surface area contributed by atoms with Crippen LogP contribution in [0.15, 0.2) is 70.7 Å². The molecule has 2 aromatic heterocycles.